The topological polar surface area (TPSA) is 0 Å². The maximum atomic E-state index is 0. The van der Waals surface area contributed by atoms with Crippen molar-refractivity contribution in [2.45, 2.75) is 0 Å². The fourth-order valence-electron chi connectivity index (χ4n) is 0. The second kappa shape index (κ2) is 27.8. The molecule has 0 N–H and O–H groups in total. The van der Waals surface area contributed by atoms with Gasteiger partial charge in [-0.15, -0.1) is 0 Å². The van der Waals surface area contributed by atoms with E-state index in [1.807, 2.05) is 0 Å². The number of hydrogen-bond acceptors (Lipinski definition) is 0. The van der Waals surface area contributed by atoms with Crippen LogP contribution in [-0.2, 0) is 78.5 Å². The Hall–Kier alpha value is 3.04. The molecule has 0 aromatic carbocycles. The monoisotopic (exact) mass is 279 g/mol. The fraction of sp³-hybridized carbons (Fsp3) is 0. The normalized spacial score (nSPS) is 0. The van der Waals surface area contributed by atoms with Crippen LogP contribution in [0.25, 0.3) is 0 Å². The zero-order chi connectivity index (χ0) is 0. The summed E-state index contributed by atoms with van der Waals surface area (Å²) in [6, 6.07) is 0. The molecule has 0 aliphatic carbocycles. The first-order chi connectivity index (χ1) is 0. The SMILES string of the molecule is [AlH3].[Cr].[Fe].[Nb].[Ti]. The molecule has 0 bridgehead atoms. The second-order valence-corrected chi connectivity index (χ2v) is 0. The molecule has 0 atom stereocenters. The minimum Gasteiger partial charge on any atom is 0 e. The van der Waals surface area contributed by atoms with Gasteiger partial charge < -0.3 is 0 Å². The van der Waals surface area contributed by atoms with E-state index < -0.39 is 0 Å². The molecule has 5 heavy (non-hydrogen) atoms. The molecule has 0 saturated heterocycles. The van der Waals surface area contributed by atoms with Crippen molar-refractivity contribution in [2.75, 3.05) is 0 Å². The van der Waals surface area contributed by atoms with Crippen LogP contribution in [0.2, 0.25) is 0 Å². The molecule has 5 heteroatoms. The Labute approximate surface area is 94.4 Å². The standard InChI is InChI=1S/Al.Cr.Fe.Nb.Ti.3H. The molecule has 1 radical (unpaired) electrons. The first-order valence-corrected chi connectivity index (χ1v) is 0. The van der Waals surface area contributed by atoms with Crippen LogP contribution in [0, 0.1) is 0 Å². The molecule has 0 saturated carbocycles. The molecule has 0 aliphatic rings. The summed E-state index contributed by atoms with van der Waals surface area (Å²) in [4.78, 5) is 0. The van der Waals surface area contributed by atoms with Crippen molar-refractivity contribution in [2.24, 2.45) is 0 Å². The van der Waals surface area contributed by atoms with Crippen LogP contribution in [0.15, 0.2) is 0 Å². The Morgan fingerprint density at radius 2 is 1.00 bits per heavy atom. The van der Waals surface area contributed by atoms with E-state index in [0.717, 1.165) is 0 Å². The maximum Gasteiger partial charge on any atom is 0.187 e. The number of hydrogen-bond donors (Lipinski definition) is 0. The Bertz CT molecular complexity index is 11.6. The fourth-order valence-corrected chi connectivity index (χ4v) is 0. The molecule has 0 heterocycles. The van der Waals surface area contributed by atoms with Gasteiger partial charge in [-0.3, -0.25) is 0 Å². The molecule has 0 aliphatic heterocycles. The van der Waals surface area contributed by atoms with Crippen molar-refractivity contribution in [1.82, 2.24) is 0 Å². The van der Waals surface area contributed by atoms with E-state index in [0.29, 0.717) is 0 Å². The predicted molar refractivity (Wildman–Crippen MR) is 9.94 cm³/mol. The molecule has 0 amide bonds. The van der Waals surface area contributed by atoms with Crippen LogP contribution in [-0.4, -0.2) is 17.4 Å². The van der Waals surface area contributed by atoms with Gasteiger partial charge in [0, 0.05) is 78.5 Å². The summed E-state index contributed by atoms with van der Waals surface area (Å²) in [6.45, 7) is 0. The van der Waals surface area contributed by atoms with Gasteiger partial charge >= 0.3 is 0 Å². The van der Waals surface area contributed by atoms with Gasteiger partial charge in [0.15, 0.2) is 17.4 Å². The third-order valence-corrected chi connectivity index (χ3v) is 0. The minimum absolute atomic E-state index is 0. The summed E-state index contributed by atoms with van der Waals surface area (Å²) in [6.07, 6.45) is 0. The largest absolute Gasteiger partial charge is 0.187 e. The van der Waals surface area contributed by atoms with Crippen LogP contribution in [0.1, 0.15) is 0 Å². The summed E-state index contributed by atoms with van der Waals surface area (Å²) in [5.41, 5.74) is 0. The van der Waals surface area contributed by atoms with Crippen LogP contribution in [0.3, 0.4) is 0 Å². The molecular formula is H3AlCrFeNbTi. The Balaban J connectivity index is 0. The molecule has 29 valence electrons. The van der Waals surface area contributed by atoms with E-state index in [4.69, 9.17) is 0 Å². The van der Waals surface area contributed by atoms with E-state index in [1.165, 1.54) is 0 Å². The first kappa shape index (κ1) is 43.1. The van der Waals surface area contributed by atoms with E-state index in [-0.39, 0.29) is 95.9 Å². The van der Waals surface area contributed by atoms with E-state index in [2.05, 4.69) is 0 Å². The van der Waals surface area contributed by atoms with Crippen molar-refractivity contribution < 1.29 is 78.5 Å². The summed E-state index contributed by atoms with van der Waals surface area (Å²) in [5.74, 6) is 0. The molecule has 0 spiro atoms. The van der Waals surface area contributed by atoms with Gasteiger partial charge in [0.2, 0.25) is 0 Å². The van der Waals surface area contributed by atoms with Crippen LogP contribution < -0.4 is 0 Å². The smallest absolute Gasteiger partial charge is 0 e. The summed E-state index contributed by atoms with van der Waals surface area (Å²) < 4.78 is 0. The third kappa shape index (κ3) is 19.4. The maximum absolute atomic E-state index is 0. The average Bonchev–Trinajstić information content (AvgIpc) is 0. The van der Waals surface area contributed by atoms with Gasteiger partial charge in [0.05, 0.1) is 0 Å². The van der Waals surface area contributed by atoms with E-state index in [1.54, 1.807) is 0 Å². The summed E-state index contributed by atoms with van der Waals surface area (Å²) in [7, 11) is 0. The van der Waals surface area contributed by atoms with Gasteiger partial charge in [0.1, 0.15) is 0 Å². The molecule has 0 fully saturated rings. The van der Waals surface area contributed by atoms with Gasteiger partial charge in [-0.25, -0.2) is 0 Å². The van der Waals surface area contributed by atoms with Gasteiger partial charge in [0.25, 0.3) is 0 Å². The Morgan fingerprint density at radius 3 is 1.00 bits per heavy atom. The first-order valence-electron chi connectivity index (χ1n) is 0. The quantitative estimate of drug-likeness (QED) is 0.489. The van der Waals surface area contributed by atoms with Crippen LogP contribution >= 0.6 is 0 Å². The van der Waals surface area contributed by atoms with Crippen molar-refractivity contribution in [3.8, 4) is 0 Å². The molecule has 0 aromatic rings. The second-order valence-electron chi connectivity index (χ2n) is 0. The van der Waals surface area contributed by atoms with Crippen molar-refractivity contribution in [3.05, 3.63) is 0 Å². The molecule has 0 nitrogen and oxygen atoms in total. The van der Waals surface area contributed by atoms with Crippen LogP contribution in [0.4, 0.5) is 0 Å². The third-order valence-electron chi connectivity index (χ3n) is 0. The van der Waals surface area contributed by atoms with Gasteiger partial charge in [-0.2, -0.15) is 0 Å². The Kier molecular flexibility index (Phi) is 240. The summed E-state index contributed by atoms with van der Waals surface area (Å²) in [5, 5.41) is 0. The van der Waals surface area contributed by atoms with Crippen molar-refractivity contribution in [3.63, 3.8) is 0 Å². The average molecular weight is 279 g/mol. The van der Waals surface area contributed by atoms with Gasteiger partial charge in [-0.05, 0) is 0 Å². The van der Waals surface area contributed by atoms with E-state index in [9.17, 15) is 0 Å². The van der Waals surface area contributed by atoms with Crippen molar-refractivity contribution >= 4 is 17.4 Å². The van der Waals surface area contributed by atoms with Crippen LogP contribution in [0.5, 0.6) is 0 Å². The molecule has 0 rings (SSSR count). The minimum atomic E-state index is 0. The molecule has 0 unspecified atom stereocenters. The molecule has 0 aromatic heterocycles. The van der Waals surface area contributed by atoms with Crippen molar-refractivity contribution in [1.29, 1.82) is 0 Å². The van der Waals surface area contributed by atoms with E-state index >= 15 is 0 Å². The van der Waals surface area contributed by atoms with Gasteiger partial charge in [-0.1, -0.05) is 0 Å². The Morgan fingerprint density at radius 1 is 1.00 bits per heavy atom. The zero-order valence-corrected chi connectivity index (χ0v) is 7.85. The predicted octanol–water partition coefficient (Wildman–Crippen LogP) is -1.19. The molecular weight excluding hydrogens is 276 g/mol. The summed E-state index contributed by atoms with van der Waals surface area (Å²) >= 11 is 0. The zero-order valence-electron chi connectivity index (χ0n) is 1.71. The number of rotatable bonds is 0.